The van der Waals surface area contributed by atoms with E-state index in [4.69, 9.17) is 0 Å². The zero-order valence-corrected chi connectivity index (χ0v) is 18.0. The third-order valence-corrected chi connectivity index (χ3v) is 7.63. The zero-order valence-electron chi connectivity index (χ0n) is 17.0. The quantitative estimate of drug-likeness (QED) is 0.465. The van der Waals surface area contributed by atoms with Gasteiger partial charge in [0.2, 0.25) is 8.96 Å². The van der Waals surface area contributed by atoms with E-state index < -0.39 is 8.96 Å². The van der Waals surface area contributed by atoms with E-state index in [9.17, 15) is 0 Å². The molecule has 0 heterocycles. The lowest BCUT2D eigenvalue weighted by Gasteiger charge is -2.26. The van der Waals surface area contributed by atoms with E-state index in [1.807, 2.05) is 0 Å². The van der Waals surface area contributed by atoms with Crippen LogP contribution >= 0.6 is 0 Å². The molecule has 4 aromatic carbocycles. The molecule has 4 aromatic rings. The van der Waals surface area contributed by atoms with Gasteiger partial charge in [0.1, 0.15) is 0 Å². The van der Waals surface area contributed by atoms with E-state index in [0.717, 1.165) is 0 Å². The van der Waals surface area contributed by atoms with Gasteiger partial charge in [-0.05, 0) is 35.3 Å². The molecular weight excluding hydrogens is 366 g/mol. The van der Waals surface area contributed by atoms with Crippen LogP contribution < -0.4 is 15.4 Å². The molecule has 0 aliphatic heterocycles. The number of benzene rings is 4. The van der Waals surface area contributed by atoms with Gasteiger partial charge in [0, 0.05) is 0 Å². The third-order valence-electron chi connectivity index (χ3n) is 5.23. The van der Waals surface area contributed by atoms with Gasteiger partial charge in [0.25, 0.3) is 0 Å². The Morgan fingerprint density at radius 2 is 0.897 bits per heavy atom. The molecule has 0 spiro atoms. The molecule has 0 saturated heterocycles. The Morgan fingerprint density at radius 1 is 0.517 bits per heavy atom. The Balaban J connectivity index is 1.78. The monoisotopic (exact) mass is 392 g/mol. The van der Waals surface area contributed by atoms with Crippen molar-refractivity contribution >= 4 is 19.3 Å². The van der Waals surface area contributed by atoms with Gasteiger partial charge in [0.15, 0.2) is 0 Å². The van der Waals surface area contributed by atoms with Gasteiger partial charge in [0.05, 0.1) is 6.04 Å². The van der Waals surface area contributed by atoms with Crippen molar-refractivity contribution < 1.29 is 0 Å². The van der Waals surface area contributed by atoms with Crippen LogP contribution in [0.4, 0.5) is 0 Å². The number of nitrogens with one attached hydrogen (secondary N) is 1. The largest absolute Gasteiger partial charge is 0.321 e. The molecule has 143 valence electrons. The van der Waals surface area contributed by atoms with Gasteiger partial charge >= 0.3 is 0 Å². The SMILES string of the molecule is Cc1ccc([Si](NC(c2ccccc2)c2ccccc2)c2ccc(C)cc2)cc1. The molecule has 29 heavy (non-hydrogen) atoms. The summed E-state index contributed by atoms with van der Waals surface area (Å²) in [4.78, 5) is 4.06. The molecule has 0 saturated carbocycles. The van der Waals surface area contributed by atoms with Crippen LogP contribution in [0.1, 0.15) is 28.3 Å². The molecule has 0 aliphatic rings. The van der Waals surface area contributed by atoms with Crippen molar-refractivity contribution in [1.29, 1.82) is 0 Å². The summed E-state index contributed by atoms with van der Waals surface area (Å²) in [5, 5.41) is 2.75. The predicted molar refractivity (Wildman–Crippen MR) is 125 cm³/mol. The molecule has 0 fully saturated rings. The minimum Gasteiger partial charge on any atom is -0.321 e. The van der Waals surface area contributed by atoms with Gasteiger partial charge in [-0.25, -0.2) is 0 Å². The van der Waals surface area contributed by atoms with Gasteiger partial charge < -0.3 is 4.98 Å². The van der Waals surface area contributed by atoms with Crippen LogP contribution in [-0.2, 0) is 0 Å². The normalized spacial score (nSPS) is 11.2. The number of rotatable bonds is 6. The first kappa shape index (κ1) is 19.4. The first-order valence-corrected chi connectivity index (χ1v) is 11.6. The summed E-state index contributed by atoms with van der Waals surface area (Å²) in [5.74, 6) is 0. The number of hydrogen-bond donors (Lipinski definition) is 1. The summed E-state index contributed by atoms with van der Waals surface area (Å²) in [6.07, 6.45) is 0. The van der Waals surface area contributed by atoms with Crippen molar-refractivity contribution in [3.63, 3.8) is 0 Å². The van der Waals surface area contributed by atoms with E-state index in [1.54, 1.807) is 0 Å². The Bertz CT molecular complexity index is 940. The van der Waals surface area contributed by atoms with Gasteiger partial charge in [-0.1, -0.05) is 120 Å². The lowest BCUT2D eigenvalue weighted by atomic mass is 10.00. The summed E-state index contributed by atoms with van der Waals surface area (Å²) in [5.41, 5.74) is 5.17. The predicted octanol–water partition coefficient (Wildman–Crippen LogP) is 4.79. The number of aryl methyl sites for hydroxylation is 2. The van der Waals surface area contributed by atoms with E-state index in [0.29, 0.717) is 0 Å². The van der Waals surface area contributed by atoms with Crippen LogP contribution in [0, 0.1) is 13.8 Å². The average molecular weight is 393 g/mol. The van der Waals surface area contributed by atoms with E-state index >= 15 is 0 Å². The summed E-state index contributed by atoms with van der Waals surface area (Å²) in [6, 6.07) is 39.7. The Labute approximate surface area is 175 Å². The molecule has 0 unspecified atom stereocenters. The highest BCUT2D eigenvalue weighted by Gasteiger charge is 2.23. The van der Waals surface area contributed by atoms with E-state index in [2.05, 4.69) is 128 Å². The highest BCUT2D eigenvalue weighted by Crippen LogP contribution is 2.22. The van der Waals surface area contributed by atoms with Crippen molar-refractivity contribution in [3.8, 4) is 0 Å². The van der Waals surface area contributed by atoms with Crippen LogP contribution in [0.25, 0.3) is 0 Å². The molecule has 0 bridgehead atoms. The highest BCUT2D eigenvalue weighted by atomic mass is 28.3. The highest BCUT2D eigenvalue weighted by molar-refractivity contribution is 6.83. The molecule has 1 N–H and O–H groups in total. The van der Waals surface area contributed by atoms with Crippen LogP contribution in [0.2, 0.25) is 0 Å². The summed E-state index contributed by atoms with van der Waals surface area (Å²) >= 11 is 0. The molecule has 2 heteroatoms. The maximum Gasteiger partial charge on any atom is 0.206 e. The standard InChI is InChI=1S/C27H26NSi/c1-21-13-17-25(18-14-21)29(26-19-15-22(2)16-20-26)28-27(23-9-5-3-6-10-23)24-11-7-4-8-12-24/h3-20,27-28H,1-2H3. The molecule has 4 rings (SSSR count). The van der Waals surface area contributed by atoms with Crippen molar-refractivity contribution in [2.45, 2.75) is 19.9 Å². The summed E-state index contributed by atoms with van der Waals surface area (Å²) in [6.45, 7) is 4.29. The zero-order chi connectivity index (χ0) is 20.1. The first-order chi connectivity index (χ1) is 14.2. The smallest absolute Gasteiger partial charge is 0.206 e. The average Bonchev–Trinajstić information content (AvgIpc) is 2.77. The Kier molecular flexibility index (Phi) is 6.04. The van der Waals surface area contributed by atoms with Crippen LogP contribution in [0.5, 0.6) is 0 Å². The number of hydrogen-bond acceptors (Lipinski definition) is 1. The molecule has 0 amide bonds. The topological polar surface area (TPSA) is 12.0 Å². The molecular formula is C27H26NSi. The lowest BCUT2D eigenvalue weighted by Crippen LogP contribution is -2.55. The third kappa shape index (κ3) is 4.73. The van der Waals surface area contributed by atoms with Gasteiger partial charge in [-0.2, -0.15) is 0 Å². The molecule has 0 aromatic heterocycles. The fourth-order valence-electron chi connectivity index (χ4n) is 3.57. The maximum atomic E-state index is 4.06. The summed E-state index contributed by atoms with van der Waals surface area (Å²) < 4.78 is 0. The minimum absolute atomic E-state index is 0.147. The van der Waals surface area contributed by atoms with Crippen LogP contribution in [-0.4, -0.2) is 8.96 Å². The van der Waals surface area contributed by atoms with Crippen molar-refractivity contribution in [2.24, 2.45) is 0 Å². The fraction of sp³-hybridized carbons (Fsp3) is 0.111. The molecule has 1 radical (unpaired) electrons. The Hall–Kier alpha value is -2.94. The van der Waals surface area contributed by atoms with Crippen molar-refractivity contribution in [2.75, 3.05) is 0 Å². The van der Waals surface area contributed by atoms with Gasteiger partial charge in [-0.15, -0.1) is 0 Å². The van der Waals surface area contributed by atoms with Gasteiger partial charge in [-0.3, -0.25) is 0 Å². The second-order valence-corrected chi connectivity index (χ2v) is 9.70. The lowest BCUT2D eigenvalue weighted by molar-refractivity contribution is 0.781. The van der Waals surface area contributed by atoms with Crippen LogP contribution in [0.15, 0.2) is 109 Å². The second kappa shape index (κ2) is 9.04. The summed E-state index contributed by atoms with van der Waals surface area (Å²) in [7, 11) is -1.18. The molecule has 1 nitrogen and oxygen atoms in total. The van der Waals surface area contributed by atoms with E-state index in [1.165, 1.54) is 32.6 Å². The minimum atomic E-state index is -1.18. The maximum absolute atomic E-state index is 4.06. The fourth-order valence-corrected chi connectivity index (χ4v) is 5.86. The van der Waals surface area contributed by atoms with Crippen molar-refractivity contribution in [1.82, 2.24) is 4.98 Å². The van der Waals surface area contributed by atoms with Crippen molar-refractivity contribution in [3.05, 3.63) is 131 Å². The van der Waals surface area contributed by atoms with E-state index in [-0.39, 0.29) is 6.04 Å². The molecule has 0 atom stereocenters. The second-order valence-electron chi connectivity index (χ2n) is 7.51. The molecule has 0 aliphatic carbocycles. The first-order valence-electron chi connectivity index (χ1n) is 10.1. The van der Waals surface area contributed by atoms with Crippen LogP contribution in [0.3, 0.4) is 0 Å². The Morgan fingerprint density at radius 3 is 1.28 bits per heavy atom.